The van der Waals surface area contributed by atoms with Gasteiger partial charge < -0.3 is 16.3 Å². The van der Waals surface area contributed by atoms with Gasteiger partial charge in [-0.25, -0.2) is 0 Å². The summed E-state index contributed by atoms with van der Waals surface area (Å²) < 4.78 is 0.450. The molecule has 0 saturated carbocycles. The first-order valence-electron chi connectivity index (χ1n) is 5.97. The van der Waals surface area contributed by atoms with Gasteiger partial charge in [-0.1, -0.05) is 5.16 Å². The molecule has 0 aromatic rings. The number of nitrogens with zero attached hydrogens (tertiary/aromatic N) is 1. The zero-order valence-electron chi connectivity index (χ0n) is 10.0. The Labute approximate surface area is 102 Å². The molecule has 0 aromatic carbocycles. The van der Waals surface area contributed by atoms with Gasteiger partial charge in [-0.3, -0.25) is 0 Å². The van der Waals surface area contributed by atoms with Gasteiger partial charge in [-0.15, -0.1) is 0 Å². The number of hydrogen-bond donors (Lipinski definition) is 3. The first kappa shape index (κ1) is 13.6. The van der Waals surface area contributed by atoms with Crippen molar-refractivity contribution < 1.29 is 5.21 Å². The summed E-state index contributed by atoms with van der Waals surface area (Å²) in [4.78, 5) is 0. The zero-order valence-corrected chi connectivity index (χ0v) is 10.9. The molecule has 4 nitrogen and oxygen atoms in total. The number of nitrogens with two attached hydrogens (primary N) is 1. The number of thioether (sulfide) groups is 1. The van der Waals surface area contributed by atoms with Crippen LogP contribution in [0.1, 0.15) is 39.0 Å². The van der Waals surface area contributed by atoms with Gasteiger partial charge in [-0.05, 0) is 44.9 Å². The highest BCUT2D eigenvalue weighted by Gasteiger charge is 2.28. The molecule has 16 heavy (non-hydrogen) atoms. The van der Waals surface area contributed by atoms with E-state index in [9.17, 15) is 0 Å². The van der Waals surface area contributed by atoms with Crippen LogP contribution in [0, 0.1) is 0 Å². The Hall–Kier alpha value is -0.420. The molecule has 1 unspecified atom stereocenters. The summed E-state index contributed by atoms with van der Waals surface area (Å²) in [6.45, 7) is 4.46. The van der Waals surface area contributed by atoms with Gasteiger partial charge >= 0.3 is 0 Å². The molecule has 0 aliphatic carbocycles. The average molecular weight is 245 g/mol. The molecule has 1 saturated heterocycles. The highest BCUT2D eigenvalue weighted by Crippen LogP contribution is 2.36. The molecule has 1 aliphatic heterocycles. The van der Waals surface area contributed by atoms with E-state index in [2.05, 4.69) is 29.2 Å². The lowest BCUT2D eigenvalue weighted by atomic mass is 10.1. The summed E-state index contributed by atoms with van der Waals surface area (Å²) in [5, 5.41) is 14.8. The molecule has 0 aromatic heterocycles. The van der Waals surface area contributed by atoms with Crippen LogP contribution in [0.2, 0.25) is 0 Å². The van der Waals surface area contributed by atoms with Gasteiger partial charge in [0, 0.05) is 17.7 Å². The minimum atomic E-state index is 0.332. The van der Waals surface area contributed by atoms with E-state index in [1.807, 2.05) is 0 Å². The lowest BCUT2D eigenvalue weighted by Gasteiger charge is -2.22. The van der Waals surface area contributed by atoms with Crippen LogP contribution in [-0.4, -0.2) is 34.6 Å². The molecule has 94 valence electrons. The van der Waals surface area contributed by atoms with E-state index < -0.39 is 0 Å². The molecule has 1 aliphatic rings. The molecule has 1 heterocycles. The highest BCUT2D eigenvalue weighted by atomic mass is 32.2. The Morgan fingerprint density at radius 3 is 3.00 bits per heavy atom. The fourth-order valence-electron chi connectivity index (χ4n) is 1.94. The van der Waals surface area contributed by atoms with Crippen molar-refractivity contribution in [2.75, 3.05) is 18.8 Å². The van der Waals surface area contributed by atoms with Gasteiger partial charge in [0.2, 0.25) is 0 Å². The van der Waals surface area contributed by atoms with Crippen molar-refractivity contribution in [3.05, 3.63) is 0 Å². The van der Waals surface area contributed by atoms with Crippen LogP contribution >= 0.6 is 11.8 Å². The first-order chi connectivity index (χ1) is 7.66. The number of rotatable bonds is 7. The molecule has 1 atom stereocenters. The summed E-state index contributed by atoms with van der Waals surface area (Å²) in [6, 6.07) is 0. The van der Waals surface area contributed by atoms with Gasteiger partial charge in [0.1, 0.15) is 5.84 Å². The maximum atomic E-state index is 8.36. The molecule has 4 N–H and O–H groups in total. The average Bonchev–Trinajstić information content (AvgIpc) is 2.70. The second-order valence-corrected chi connectivity index (χ2v) is 6.31. The van der Waals surface area contributed by atoms with Crippen molar-refractivity contribution in [2.24, 2.45) is 10.9 Å². The smallest absolute Gasteiger partial charge is 0.139 e. The topological polar surface area (TPSA) is 70.6 Å². The van der Waals surface area contributed by atoms with Crippen molar-refractivity contribution in [1.29, 1.82) is 0 Å². The Morgan fingerprint density at radius 1 is 1.56 bits per heavy atom. The number of hydrogen-bond acceptors (Lipinski definition) is 4. The largest absolute Gasteiger partial charge is 0.409 e. The highest BCUT2D eigenvalue weighted by molar-refractivity contribution is 8.00. The van der Waals surface area contributed by atoms with Gasteiger partial charge in [0.25, 0.3) is 0 Å². The van der Waals surface area contributed by atoms with Gasteiger partial charge in [0.05, 0.1) is 0 Å². The number of amidine groups is 1. The molecule has 0 bridgehead atoms. The van der Waals surface area contributed by atoms with Crippen LogP contribution in [0.15, 0.2) is 5.16 Å². The maximum Gasteiger partial charge on any atom is 0.139 e. The second kappa shape index (κ2) is 7.01. The minimum Gasteiger partial charge on any atom is -0.409 e. The molecule has 5 heteroatoms. The third-order valence-corrected chi connectivity index (χ3v) is 4.50. The van der Waals surface area contributed by atoms with Crippen LogP contribution in [0.25, 0.3) is 0 Å². The zero-order chi connectivity index (χ0) is 11.9. The van der Waals surface area contributed by atoms with Crippen LogP contribution < -0.4 is 11.1 Å². The molecule has 0 spiro atoms. The molecular formula is C11H23N3OS. The van der Waals surface area contributed by atoms with E-state index >= 15 is 0 Å². The SMILES string of the molecule is CC1(CNCCCCC(N)=NO)CCCS1. The summed E-state index contributed by atoms with van der Waals surface area (Å²) in [7, 11) is 0. The lowest BCUT2D eigenvalue weighted by Crippen LogP contribution is -2.33. The van der Waals surface area contributed by atoms with Gasteiger partial charge in [-0.2, -0.15) is 11.8 Å². The number of unbranched alkanes of at least 4 members (excludes halogenated alkanes) is 1. The number of nitrogens with one attached hydrogen (secondary N) is 1. The predicted octanol–water partition coefficient (Wildman–Crippen LogP) is 1.78. The summed E-state index contributed by atoms with van der Waals surface area (Å²) in [5.74, 6) is 1.64. The molecular weight excluding hydrogens is 222 g/mol. The third kappa shape index (κ3) is 5.07. The number of oxime groups is 1. The summed E-state index contributed by atoms with van der Waals surface area (Å²) in [6.07, 6.45) is 5.43. The molecule has 0 amide bonds. The van der Waals surface area contributed by atoms with Crippen molar-refractivity contribution in [3.63, 3.8) is 0 Å². The second-order valence-electron chi connectivity index (χ2n) is 4.63. The van der Waals surface area contributed by atoms with E-state index in [0.717, 1.165) is 25.9 Å². The molecule has 1 rings (SSSR count). The monoisotopic (exact) mass is 245 g/mol. The fourth-order valence-corrected chi connectivity index (χ4v) is 3.21. The Balaban J connectivity index is 1.95. The van der Waals surface area contributed by atoms with E-state index in [-0.39, 0.29) is 0 Å². The van der Waals surface area contributed by atoms with Crippen LogP contribution in [-0.2, 0) is 0 Å². The Bertz CT molecular complexity index is 227. The van der Waals surface area contributed by atoms with Crippen LogP contribution in [0.3, 0.4) is 0 Å². The fraction of sp³-hybridized carbons (Fsp3) is 0.909. The lowest BCUT2D eigenvalue weighted by molar-refractivity contribution is 0.316. The third-order valence-electron chi connectivity index (χ3n) is 2.96. The summed E-state index contributed by atoms with van der Waals surface area (Å²) >= 11 is 2.08. The van der Waals surface area contributed by atoms with E-state index in [4.69, 9.17) is 10.9 Å². The van der Waals surface area contributed by atoms with Crippen molar-refractivity contribution in [3.8, 4) is 0 Å². The van der Waals surface area contributed by atoms with E-state index in [1.165, 1.54) is 18.6 Å². The van der Waals surface area contributed by atoms with Gasteiger partial charge in [0.15, 0.2) is 0 Å². The summed E-state index contributed by atoms with van der Waals surface area (Å²) in [5.41, 5.74) is 5.38. The Kier molecular flexibility index (Phi) is 5.98. The predicted molar refractivity (Wildman–Crippen MR) is 70.2 cm³/mol. The van der Waals surface area contributed by atoms with E-state index in [1.54, 1.807) is 0 Å². The van der Waals surface area contributed by atoms with Crippen molar-refractivity contribution in [1.82, 2.24) is 5.32 Å². The quantitative estimate of drug-likeness (QED) is 0.210. The normalized spacial score (nSPS) is 26.2. The van der Waals surface area contributed by atoms with Crippen LogP contribution in [0.5, 0.6) is 0 Å². The van der Waals surface area contributed by atoms with Crippen molar-refractivity contribution in [2.45, 2.75) is 43.8 Å². The maximum absolute atomic E-state index is 8.36. The minimum absolute atomic E-state index is 0.332. The van der Waals surface area contributed by atoms with Crippen LogP contribution in [0.4, 0.5) is 0 Å². The van der Waals surface area contributed by atoms with Crippen molar-refractivity contribution >= 4 is 17.6 Å². The standard InChI is InChI=1S/C11H23N3OS/c1-11(6-4-8-16-11)9-13-7-3-2-5-10(12)14-15/h13,15H,2-9H2,1H3,(H2,12,14). The van der Waals surface area contributed by atoms with E-state index in [0.29, 0.717) is 17.0 Å². The molecule has 1 fully saturated rings. The molecule has 0 radical (unpaired) electrons. The Morgan fingerprint density at radius 2 is 2.38 bits per heavy atom. The first-order valence-corrected chi connectivity index (χ1v) is 6.96.